The summed E-state index contributed by atoms with van der Waals surface area (Å²) >= 11 is 24.0. The van der Waals surface area contributed by atoms with Gasteiger partial charge in [0.25, 0.3) is 0 Å². The van der Waals surface area contributed by atoms with Crippen molar-refractivity contribution in [3.63, 3.8) is 0 Å². The number of anilines is 1. The van der Waals surface area contributed by atoms with Crippen molar-refractivity contribution >= 4 is 57.9 Å². The Bertz CT molecular complexity index is 731. The number of nitrogen functional groups attached to an aromatic ring is 1. The van der Waals surface area contributed by atoms with Gasteiger partial charge in [-0.15, -0.1) is 0 Å². The summed E-state index contributed by atoms with van der Waals surface area (Å²) in [5, 5.41) is 0.282. The first-order valence-electron chi connectivity index (χ1n) is 5.68. The lowest BCUT2D eigenvalue weighted by atomic mass is 10.0. The molecule has 0 saturated heterocycles. The second-order valence-electron chi connectivity index (χ2n) is 4.10. The van der Waals surface area contributed by atoms with Crippen LogP contribution in [-0.2, 0) is 0 Å². The van der Waals surface area contributed by atoms with Crippen LogP contribution in [0.5, 0.6) is 5.75 Å². The maximum atomic E-state index is 12.7. The molecule has 2 N–H and O–H groups in total. The molecule has 0 heterocycles. The first-order valence-corrected chi connectivity index (χ1v) is 7.19. The standard InChI is InChI=1S/C14H9Cl4NO2/c1-21-9-4-2-3-8(19)11(9)14(20)10-6(15)5-7(16)12(17)13(10)18/h2-5H,19H2,1H3. The van der Waals surface area contributed by atoms with E-state index >= 15 is 0 Å². The first-order chi connectivity index (χ1) is 9.88. The third kappa shape index (κ3) is 2.92. The highest BCUT2D eigenvalue weighted by Gasteiger charge is 2.25. The summed E-state index contributed by atoms with van der Waals surface area (Å²) in [4.78, 5) is 12.7. The molecular formula is C14H9Cl4NO2. The van der Waals surface area contributed by atoms with E-state index in [9.17, 15) is 4.79 Å². The average Bonchev–Trinajstić information content (AvgIpc) is 2.44. The highest BCUT2D eigenvalue weighted by atomic mass is 35.5. The molecule has 0 spiro atoms. The van der Waals surface area contributed by atoms with Gasteiger partial charge in [0.05, 0.1) is 38.3 Å². The fourth-order valence-corrected chi connectivity index (χ4v) is 2.94. The van der Waals surface area contributed by atoms with Crippen LogP contribution in [0.1, 0.15) is 15.9 Å². The summed E-state index contributed by atoms with van der Waals surface area (Å²) in [7, 11) is 1.43. The predicted molar refractivity (Wildman–Crippen MR) is 87.3 cm³/mol. The summed E-state index contributed by atoms with van der Waals surface area (Å²) in [6.07, 6.45) is 0. The fourth-order valence-electron chi connectivity index (χ4n) is 1.86. The lowest BCUT2D eigenvalue weighted by molar-refractivity contribution is 0.103. The second-order valence-corrected chi connectivity index (χ2v) is 5.67. The Morgan fingerprint density at radius 2 is 1.71 bits per heavy atom. The van der Waals surface area contributed by atoms with Crippen molar-refractivity contribution < 1.29 is 9.53 Å². The molecule has 0 atom stereocenters. The molecule has 3 nitrogen and oxygen atoms in total. The minimum Gasteiger partial charge on any atom is -0.496 e. The molecule has 7 heteroatoms. The number of hydrogen-bond acceptors (Lipinski definition) is 3. The van der Waals surface area contributed by atoms with Crippen LogP contribution in [0.2, 0.25) is 20.1 Å². The lowest BCUT2D eigenvalue weighted by Gasteiger charge is -2.13. The van der Waals surface area contributed by atoms with Gasteiger partial charge in [-0.05, 0) is 18.2 Å². The summed E-state index contributed by atoms with van der Waals surface area (Å²) in [6.45, 7) is 0. The Labute approximate surface area is 141 Å². The van der Waals surface area contributed by atoms with E-state index in [1.165, 1.54) is 13.2 Å². The highest BCUT2D eigenvalue weighted by molar-refractivity contribution is 6.51. The number of carbonyl (C=O) groups excluding carboxylic acids is 1. The number of methoxy groups -OCH3 is 1. The zero-order valence-corrected chi connectivity index (χ0v) is 13.7. The molecular weight excluding hydrogens is 356 g/mol. The van der Waals surface area contributed by atoms with Crippen molar-refractivity contribution in [2.24, 2.45) is 0 Å². The number of carbonyl (C=O) groups is 1. The Kier molecular flexibility index (Phi) is 4.89. The Morgan fingerprint density at radius 3 is 2.33 bits per heavy atom. The summed E-state index contributed by atoms with van der Waals surface area (Å²) in [6, 6.07) is 6.22. The average molecular weight is 365 g/mol. The van der Waals surface area contributed by atoms with Gasteiger partial charge in [-0.3, -0.25) is 4.79 Å². The van der Waals surface area contributed by atoms with E-state index in [1.807, 2.05) is 0 Å². The van der Waals surface area contributed by atoms with E-state index in [2.05, 4.69) is 0 Å². The summed E-state index contributed by atoms with van der Waals surface area (Å²) in [5.41, 5.74) is 6.31. The molecule has 110 valence electrons. The molecule has 2 aromatic rings. The molecule has 0 aliphatic heterocycles. The van der Waals surface area contributed by atoms with E-state index in [4.69, 9.17) is 56.9 Å². The van der Waals surface area contributed by atoms with Crippen LogP contribution in [0.15, 0.2) is 24.3 Å². The molecule has 0 bridgehead atoms. The van der Waals surface area contributed by atoms with Crippen molar-refractivity contribution in [2.45, 2.75) is 0 Å². The van der Waals surface area contributed by atoms with Crippen molar-refractivity contribution in [2.75, 3.05) is 12.8 Å². The van der Waals surface area contributed by atoms with Gasteiger partial charge >= 0.3 is 0 Å². The number of halogens is 4. The number of benzene rings is 2. The monoisotopic (exact) mass is 363 g/mol. The molecule has 0 aliphatic carbocycles. The number of nitrogens with two attached hydrogens (primary N) is 1. The largest absolute Gasteiger partial charge is 0.496 e. The zero-order valence-electron chi connectivity index (χ0n) is 10.7. The van der Waals surface area contributed by atoms with E-state index in [-0.39, 0.29) is 36.9 Å². The summed E-state index contributed by atoms with van der Waals surface area (Å²) in [5.74, 6) is -0.170. The van der Waals surface area contributed by atoms with Crippen molar-refractivity contribution in [3.05, 3.63) is 55.5 Å². The highest BCUT2D eigenvalue weighted by Crippen LogP contribution is 2.40. The number of rotatable bonds is 3. The molecule has 0 amide bonds. The minimum atomic E-state index is -0.487. The van der Waals surface area contributed by atoms with Crippen LogP contribution >= 0.6 is 46.4 Å². The fraction of sp³-hybridized carbons (Fsp3) is 0.0714. The Balaban J connectivity index is 2.70. The third-order valence-electron chi connectivity index (χ3n) is 2.85. The van der Waals surface area contributed by atoms with Crippen LogP contribution in [0.3, 0.4) is 0 Å². The van der Waals surface area contributed by atoms with E-state index < -0.39 is 5.78 Å². The van der Waals surface area contributed by atoms with Crippen molar-refractivity contribution in [3.8, 4) is 5.75 Å². The van der Waals surface area contributed by atoms with Crippen LogP contribution in [0.25, 0.3) is 0 Å². The molecule has 21 heavy (non-hydrogen) atoms. The number of ether oxygens (including phenoxy) is 1. The molecule has 2 rings (SSSR count). The van der Waals surface area contributed by atoms with Gasteiger partial charge < -0.3 is 10.5 Å². The number of hydrogen-bond donors (Lipinski definition) is 1. The SMILES string of the molecule is COc1cccc(N)c1C(=O)c1c(Cl)cc(Cl)c(Cl)c1Cl. The van der Waals surface area contributed by atoms with Gasteiger partial charge in [0.1, 0.15) is 5.75 Å². The van der Waals surface area contributed by atoms with Crippen LogP contribution in [0, 0.1) is 0 Å². The normalized spacial score (nSPS) is 10.5. The Morgan fingerprint density at radius 1 is 1.05 bits per heavy atom. The van der Waals surface area contributed by atoms with Crippen LogP contribution < -0.4 is 10.5 Å². The van der Waals surface area contributed by atoms with Gasteiger partial charge in [0.15, 0.2) is 0 Å². The first kappa shape index (κ1) is 16.2. The van der Waals surface area contributed by atoms with Crippen LogP contribution in [-0.4, -0.2) is 12.9 Å². The van der Waals surface area contributed by atoms with E-state index in [0.29, 0.717) is 5.75 Å². The molecule has 2 aromatic carbocycles. The van der Waals surface area contributed by atoms with Gasteiger partial charge in [-0.1, -0.05) is 52.5 Å². The van der Waals surface area contributed by atoms with E-state index in [0.717, 1.165) is 0 Å². The maximum Gasteiger partial charge on any atom is 0.201 e. The summed E-state index contributed by atoms with van der Waals surface area (Å²) < 4.78 is 5.16. The third-order valence-corrected chi connectivity index (χ3v) is 4.41. The molecule has 0 aliphatic rings. The minimum absolute atomic E-state index is 0.0236. The predicted octanol–water partition coefficient (Wildman–Crippen LogP) is 5.12. The maximum absolute atomic E-state index is 12.7. The van der Waals surface area contributed by atoms with Gasteiger partial charge in [-0.2, -0.15) is 0 Å². The zero-order chi connectivity index (χ0) is 15.7. The molecule has 0 unspecified atom stereocenters. The topological polar surface area (TPSA) is 52.3 Å². The van der Waals surface area contributed by atoms with Gasteiger partial charge in [0.2, 0.25) is 5.78 Å². The molecule has 0 fully saturated rings. The molecule has 0 aromatic heterocycles. The molecule has 0 radical (unpaired) electrons. The second kappa shape index (κ2) is 6.32. The van der Waals surface area contributed by atoms with Crippen LogP contribution in [0.4, 0.5) is 5.69 Å². The van der Waals surface area contributed by atoms with Crippen molar-refractivity contribution in [1.82, 2.24) is 0 Å². The Hall–Kier alpha value is -1.13. The van der Waals surface area contributed by atoms with E-state index in [1.54, 1.807) is 18.2 Å². The van der Waals surface area contributed by atoms with Gasteiger partial charge in [-0.25, -0.2) is 0 Å². The quantitative estimate of drug-likeness (QED) is 0.356. The smallest absolute Gasteiger partial charge is 0.201 e. The lowest BCUT2D eigenvalue weighted by Crippen LogP contribution is -2.09. The van der Waals surface area contributed by atoms with Gasteiger partial charge in [0, 0.05) is 5.69 Å². The number of ketones is 1. The molecule has 0 saturated carbocycles. The van der Waals surface area contributed by atoms with Crippen molar-refractivity contribution in [1.29, 1.82) is 0 Å².